The predicted octanol–water partition coefficient (Wildman–Crippen LogP) is -5.54. The number of carbonyl (C=O) groups is 7. The first kappa shape index (κ1) is 28.2. The third-order valence-corrected chi connectivity index (χ3v) is 3.88. The third-order valence-electron chi connectivity index (χ3n) is 3.88. The molecule has 12 N–H and O–H groups in total. The van der Waals surface area contributed by atoms with Gasteiger partial charge in [0.15, 0.2) is 0 Å². The van der Waals surface area contributed by atoms with Crippen LogP contribution in [0.2, 0.25) is 0 Å². The monoisotopic (exact) mass is 462 g/mol. The molecule has 0 spiro atoms. The molecule has 0 rings (SSSR count). The number of nitrogens with two attached hydrogens (primary N) is 3. The maximum Gasteiger partial charge on any atom is 0.326 e. The van der Waals surface area contributed by atoms with E-state index in [2.05, 4.69) is 0 Å². The first-order valence-corrected chi connectivity index (χ1v) is 9.07. The lowest BCUT2D eigenvalue weighted by Crippen LogP contribution is -2.58. The molecule has 180 valence electrons. The smallest absolute Gasteiger partial charge is 0.326 e. The molecule has 0 fully saturated rings. The van der Waals surface area contributed by atoms with E-state index in [1.54, 1.807) is 0 Å². The largest absolute Gasteiger partial charge is 0.481 e. The highest BCUT2D eigenvalue weighted by molar-refractivity contribution is 5.96. The summed E-state index contributed by atoms with van der Waals surface area (Å²) in [5, 5.41) is 33.2. The molecule has 0 saturated heterocycles. The van der Waals surface area contributed by atoms with Crippen LogP contribution in [0.4, 0.5) is 0 Å². The van der Waals surface area contributed by atoms with Gasteiger partial charge in [0.05, 0.1) is 25.5 Å². The number of nitrogens with one attached hydrogen (secondary N) is 3. The molecule has 0 radical (unpaired) electrons. The molecule has 0 aromatic heterocycles. The molecule has 0 aromatic rings. The van der Waals surface area contributed by atoms with Gasteiger partial charge in [-0.05, 0) is 6.42 Å². The molecule has 0 aliphatic carbocycles. The van der Waals surface area contributed by atoms with Crippen LogP contribution in [0.1, 0.15) is 25.7 Å². The van der Waals surface area contributed by atoms with Crippen molar-refractivity contribution in [3.8, 4) is 0 Å². The summed E-state index contributed by atoms with van der Waals surface area (Å²) in [5.41, 5.74) is 15.3. The van der Waals surface area contributed by atoms with Gasteiger partial charge in [0, 0.05) is 6.42 Å². The standard InChI is InChI=1S/C16H26N6O10/c17-6(3-12(26)27)13(28)21-8(4-11(19)25)14(29)22-9(5-23)15(30)20-7(16(31)32)1-2-10(18)24/h6-9,23H,1-5,17H2,(H2,18,24)(H2,19,25)(H,20,30)(H,21,28)(H,22,29)(H,26,27)(H,31,32). The van der Waals surface area contributed by atoms with Gasteiger partial charge in [-0.2, -0.15) is 0 Å². The van der Waals surface area contributed by atoms with Crippen molar-refractivity contribution in [2.24, 2.45) is 17.2 Å². The molecule has 32 heavy (non-hydrogen) atoms. The van der Waals surface area contributed by atoms with E-state index in [4.69, 9.17) is 27.4 Å². The fourth-order valence-electron chi connectivity index (χ4n) is 2.25. The number of carboxylic acid groups (broad SMARTS) is 2. The lowest BCUT2D eigenvalue weighted by atomic mass is 10.1. The second-order valence-corrected chi connectivity index (χ2v) is 6.58. The quantitative estimate of drug-likeness (QED) is 0.110. The number of aliphatic carboxylic acids is 2. The second kappa shape index (κ2) is 13.5. The Labute approximate surface area is 180 Å². The second-order valence-electron chi connectivity index (χ2n) is 6.58. The Morgan fingerprint density at radius 2 is 1.22 bits per heavy atom. The minimum atomic E-state index is -1.71. The van der Waals surface area contributed by atoms with E-state index >= 15 is 0 Å². The Kier molecular flexibility index (Phi) is 11.9. The molecular formula is C16H26N6O10. The summed E-state index contributed by atoms with van der Waals surface area (Å²) in [6, 6.07) is -6.50. The highest BCUT2D eigenvalue weighted by atomic mass is 16.4. The van der Waals surface area contributed by atoms with E-state index in [1.807, 2.05) is 16.0 Å². The number of primary amides is 2. The van der Waals surface area contributed by atoms with E-state index in [0.29, 0.717) is 0 Å². The van der Waals surface area contributed by atoms with Crippen LogP contribution in [0.3, 0.4) is 0 Å². The molecule has 0 aromatic carbocycles. The molecule has 16 nitrogen and oxygen atoms in total. The van der Waals surface area contributed by atoms with Crippen molar-refractivity contribution >= 4 is 41.5 Å². The summed E-state index contributed by atoms with van der Waals surface area (Å²) < 4.78 is 0. The molecule has 5 amide bonds. The zero-order valence-electron chi connectivity index (χ0n) is 16.8. The molecular weight excluding hydrogens is 436 g/mol. The maximum atomic E-state index is 12.4. The van der Waals surface area contributed by atoms with Gasteiger partial charge in [0.1, 0.15) is 18.1 Å². The van der Waals surface area contributed by atoms with Crippen LogP contribution in [-0.4, -0.2) is 87.6 Å². The van der Waals surface area contributed by atoms with Crippen LogP contribution >= 0.6 is 0 Å². The van der Waals surface area contributed by atoms with E-state index in [-0.39, 0.29) is 12.8 Å². The van der Waals surface area contributed by atoms with E-state index in [0.717, 1.165) is 0 Å². The Balaban J connectivity index is 5.27. The van der Waals surface area contributed by atoms with Crippen LogP contribution < -0.4 is 33.2 Å². The van der Waals surface area contributed by atoms with E-state index < -0.39 is 85.1 Å². The zero-order chi connectivity index (χ0) is 25.0. The Bertz CT molecular complexity index is 758. The summed E-state index contributed by atoms with van der Waals surface area (Å²) in [5.74, 6) is -8.18. The molecule has 0 saturated carbocycles. The minimum Gasteiger partial charge on any atom is -0.481 e. The van der Waals surface area contributed by atoms with Gasteiger partial charge < -0.3 is 48.5 Å². The van der Waals surface area contributed by atoms with Crippen molar-refractivity contribution in [1.29, 1.82) is 0 Å². The number of carboxylic acids is 2. The molecule has 4 unspecified atom stereocenters. The predicted molar refractivity (Wildman–Crippen MR) is 103 cm³/mol. The van der Waals surface area contributed by atoms with Crippen molar-refractivity contribution in [3.05, 3.63) is 0 Å². The number of carbonyl (C=O) groups excluding carboxylic acids is 5. The Morgan fingerprint density at radius 3 is 1.66 bits per heavy atom. The zero-order valence-corrected chi connectivity index (χ0v) is 16.8. The fraction of sp³-hybridized carbons (Fsp3) is 0.562. The Morgan fingerprint density at radius 1 is 0.719 bits per heavy atom. The summed E-state index contributed by atoms with van der Waals surface area (Å²) in [6.07, 6.45) is -2.26. The molecule has 0 bridgehead atoms. The molecule has 16 heteroatoms. The number of rotatable bonds is 15. The van der Waals surface area contributed by atoms with Crippen LogP contribution in [0.25, 0.3) is 0 Å². The highest BCUT2D eigenvalue weighted by Gasteiger charge is 2.31. The first-order valence-electron chi connectivity index (χ1n) is 9.07. The molecule has 0 heterocycles. The molecule has 4 atom stereocenters. The van der Waals surface area contributed by atoms with Crippen LogP contribution in [0, 0.1) is 0 Å². The number of amides is 5. The van der Waals surface area contributed by atoms with Crippen LogP contribution in [-0.2, 0) is 33.6 Å². The maximum absolute atomic E-state index is 12.4. The molecule has 0 aliphatic heterocycles. The van der Waals surface area contributed by atoms with Crippen molar-refractivity contribution in [2.75, 3.05) is 6.61 Å². The summed E-state index contributed by atoms with van der Waals surface area (Å²) in [6.45, 7) is -1.00. The van der Waals surface area contributed by atoms with Gasteiger partial charge in [-0.1, -0.05) is 0 Å². The van der Waals surface area contributed by atoms with Crippen molar-refractivity contribution in [1.82, 2.24) is 16.0 Å². The van der Waals surface area contributed by atoms with Crippen molar-refractivity contribution in [3.63, 3.8) is 0 Å². The van der Waals surface area contributed by atoms with E-state index in [9.17, 15) is 38.7 Å². The Hall–Kier alpha value is -3.79. The van der Waals surface area contributed by atoms with Crippen LogP contribution in [0.15, 0.2) is 0 Å². The number of aliphatic hydroxyl groups is 1. The lowest BCUT2D eigenvalue weighted by Gasteiger charge is -2.23. The minimum absolute atomic E-state index is 0.357. The van der Waals surface area contributed by atoms with Crippen molar-refractivity contribution in [2.45, 2.75) is 49.9 Å². The van der Waals surface area contributed by atoms with Gasteiger partial charge in [-0.3, -0.25) is 28.8 Å². The summed E-state index contributed by atoms with van der Waals surface area (Å²) in [7, 11) is 0. The number of hydrogen-bond donors (Lipinski definition) is 9. The third kappa shape index (κ3) is 10.8. The lowest BCUT2D eigenvalue weighted by molar-refractivity contribution is -0.143. The SMILES string of the molecule is NC(=O)CCC(NC(=O)C(CO)NC(=O)C(CC(N)=O)NC(=O)C(N)CC(=O)O)C(=O)O. The summed E-state index contributed by atoms with van der Waals surface area (Å²) >= 11 is 0. The first-order chi connectivity index (χ1) is 14.8. The summed E-state index contributed by atoms with van der Waals surface area (Å²) in [4.78, 5) is 80.5. The average Bonchev–Trinajstić information content (AvgIpc) is 2.66. The fourth-order valence-corrected chi connectivity index (χ4v) is 2.25. The van der Waals surface area contributed by atoms with Crippen molar-refractivity contribution < 1.29 is 48.9 Å². The van der Waals surface area contributed by atoms with E-state index in [1.165, 1.54) is 0 Å². The average molecular weight is 462 g/mol. The van der Waals surface area contributed by atoms with Gasteiger partial charge in [0.2, 0.25) is 29.5 Å². The number of hydrogen-bond acceptors (Lipinski definition) is 9. The van der Waals surface area contributed by atoms with Crippen LogP contribution in [0.5, 0.6) is 0 Å². The topological polar surface area (TPSA) is 294 Å². The van der Waals surface area contributed by atoms with Gasteiger partial charge in [-0.15, -0.1) is 0 Å². The normalized spacial score (nSPS) is 14.2. The van der Waals surface area contributed by atoms with Gasteiger partial charge in [-0.25, -0.2) is 4.79 Å². The highest BCUT2D eigenvalue weighted by Crippen LogP contribution is 2.01. The molecule has 0 aliphatic rings. The number of aliphatic hydroxyl groups excluding tert-OH is 1. The van der Waals surface area contributed by atoms with Gasteiger partial charge >= 0.3 is 11.9 Å². The van der Waals surface area contributed by atoms with Gasteiger partial charge in [0.25, 0.3) is 0 Å².